The van der Waals surface area contributed by atoms with Gasteiger partial charge in [0, 0.05) is 11.9 Å². The number of carboxylic acids is 1. The van der Waals surface area contributed by atoms with Gasteiger partial charge in [0.1, 0.15) is 5.69 Å². The van der Waals surface area contributed by atoms with Crippen molar-refractivity contribution in [3.8, 4) is 12.3 Å². The Morgan fingerprint density at radius 1 is 1.79 bits per heavy atom. The van der Waals surface area contributed by atoms with Crippen molar-refractivity contribution in [2.24, 2.45) is 0 Å². The molecule has 1 aromatic rings. The Kier molecular flexibility index (Phi) is 3.08. The first-order valence-electron chi connectivity index (χ1n) is 4.05. The molecule has 2 N–H and O–H groups in total. The van der Waals surface area contributed by atoms with Crippen molar-refractivity contribution >= 4 is 11.7 Å². The molecule has 1 rings (SSSR count). The predicted octanol–water partition coefficient (Wildman–Crippen LogP) is 1.21. The Morgan fingerprint density at radius 3 is 3.07 bits per heavy atom. The van der Waals surface area contributed by atoms with Crippen LogP contribution in [0.1, 0.15) is 17.4 Å². The van der Waals surface area contributed by atoms with Crippen molar-refractivity contribution in [3.63, 3.8) is 0 Å². The minimum absolute atomic E-state index is 0.000721. The maximum atomic E-state index is 10.6. The Bertz CT molecular complexity index is 382. The number of carboxylic acid groups (broad SMARTS) is 1. The predicted molar refractivity (Wildman–Crippen MR) is 53.1 cm³/mol. The smallest absolute Gasteiger partial charge is 0.354 e. The number of nitrogens with zero attached hydrogens (tertiary/aromatic N) is 1. The number of rotatable bonds is 3. The van der Waals surface area contributed by atoms with E-state index in [0.717, 1.165) is 0 Å². The number of anilines is 1. The monoisotopic (exact) mass is 190 g/mol. The number of nitrogens with one attached hydrogen (secondary N) is 1. The summed E-state index contributed by atoms with van der Waals surface area (Å²) in [5, 5.41) is 11.6. The summed E-state index contributed by atoms with van der Waals surface area (Å²) in [6, 6.07) is 2.97. The fourth-order valence-corrected chi connectivity index (χ4v) is 0.929. The molecule has 0 bridgehead atoms. The van der Waals surface area contributed by atoms with E-state index in [9.17, 15) is 4.79 Å². The molecule has 0 saturated heterocycles. The standard InChI is InChI=1S/C10H10N2O2/c1-3-7(2)12-8-4-5-11-9(6-8)10(13)14/h1,4-7H,2H3,(H,11,12)(H,13,14). The number of aromatic nitrogens is 1. The number of carbonyl (C=O) groups is 1. The minimum atomic E-state index is -1.05. The summed E-state index contributed by atoms with van der Waals surface area (Å²) in [6.45, 7) is 1.81. The third-order valence-electron chi connectivity index (χ3n) is 1.61. The lowest BCUT2D eigenvalue weighted by Crippen LogP contribution is -2.12. The van der Waals surface area contributed by atoms with Crippen LogP contribution in [0.4, 0.5) is 5.69 Å². The van der Waals surface area contributed by atoms with Gasteiger partial charge in [-0.15, -0.1) is 6.42 Å². The van der Waals surface area contributed by atoms with Crippen LogP contribution in [-0.2, 0) is 0 Å². The van der Waals surface area contributed by atoms with Crippen LogP contribution >= 0.6 is 0 Å². The molecule has 0 fully saturated rings. The van der Waals surface area contributed by atoms with Crippen molar-refractivity contribution in [3.05, 3.63) is 24.0 Å². The van der Waals surface area contributed by atoms with Gasteiger partial charge in [0.2, 0.25) is 0 Å². The third-order valence-corrected chi connectivity index (χ3v) is 1.61. The average Bonchev–Trinajstić information content (AvgIpc) is 2.18. The van der Waals surface area contributed by atoms with Crippen LogP contribution in [-0.4, -0.2) is 22.1 Å². The van der Waals surface area contributed by atoms with Gasteiger partial charge in [-0.25, -0.2) is 9.78 Å². The summed E-state index contributed by atoms with van der Waals surface area (Å²) in [5.41, 5.74) is 0.655. The molecule has 4 nitrogen and oxygen atoms in total. The molecule has 14 heavy (non-hydrogen) atoms. The molecule has 1 atom stereocenters. The first-order chi connectivity index (χ1) is 6.63. The molecule has 0 amide bonds. The van der Waals surface area contributed by atoms with Crippen molar-refractivity contribution in [1.29, 1.82) is 0 Å². The second-order valence-corrected chi connectivity index (χ2v) is 2.77. The highest BCUT2D eigenvalue weighted by atomic mass is 16.4. The second-order valence-electron chi connectivity index (χ2n) is 2.77. The maximum Gasteiger partial charge on any atom is 0.354 e. The Hall–Kier alpha value is -2.02. The SMILES string of the molecule is C#CC(C)Nc1ccnc(C(=O)O)c1. The highest BCUT2D eigenvalue weighted by molar-refractivity contribution is 5.86. The summed E-state index contributed by atoms with van der Waals surface area (Å²) in [4.78, 5) is 14.3. The third kappa shape index (κ3) is 2.49. The Balaban J connectivity index is 2.85. The van der Waals surface area contributed by atoms with Gasteiger partial charge in [-0.3, -0.25) is 0 Å². The van der Waals surface area contributed by atoms with Gasteiger partial charge in [-0.05, 0) is 19.1 Å². The van der Waals surface area contributed by atoms with Gasteiger partial charge in [0.05, 0.1) is 6.04 Å². The van der Waals surface area contributed by atoms with E-state index in [1.165, 1.54) is 12.3 Å². The molecular formula is C10H10N2O2. The van der Waals surface area contributed by atoms with Crippen molar-refractivity contribution in [2.75, 3.05) is 5.32 Å². The largest absolute Gasteiger partial charge is 0.477 e. The fourth-order valence-electron chi connectivity index (χ4n) is 0.929. The van der Waals surface area contributed by atoms with Crippen LogP contribution in [0.25, 0.3) is 0 Å². The van der Waals surface area contributed by atoms with E-state index >= 15 is 0 Å². The molecule has 0 radical (unpaired) electrons. The minimum Gasteiger partial charge on any atom is -0.477 e. The van der Waals surface area contributed by atoms with E-state index in [1.54, 1.807) is 13.0 Å². The Labute approximate surface area is 82.0 Å². The van der Waals surface area contributed by atoms with Crippen LogP contribution in [0.15, 0.2) is 18.3 Å². The summed E-state index contributed by atoms with van der Waals surface area (Å²) >= 11 is 0. The Morgan fingerprint density at radius 2 is 2.50 bits per heavy atom. The van der Waals surface area contributed by atoms with Gasteiger partial charge in [-0.2, -0.15) is 0 Å². The topological polar surface area (TPSA) is 62.2 Å². The van der Waals surface area contributed by atoms with Gasteiger partial charge in [0.15, 0.2) is 0 Å². The van der Waals surface area contributed by atoms with E-state index in [2.05, 4.69) is 16.2 Å². The molecule has 72 valence electrons. The van der Waals surface area contributed by atoms with E-state index < -0.39 is 5.97 Å². The zero-order valence-electron chi connectivity index (χ0n) is 7.69. The lowest BCUT2D eigenvalue weighted by atomic mass is 10.3. The number of hydrogen-bond donors (Lipinski definition) is 2. The summed E-state index contributed by atoms with van der Waals surface area (Å²) in [6.07, 6.45) is 6.60. The van der Waals surface area contributed by atoms with Crippen LogP contribution in [0.3, 0.4) is 0 Å². The van der Waals surface area contributed by atoms with Gasteiger partial charge < -0.3 is 10.4 Å². The van der Waals surface area contributed by atoms with E-state index in [4.69, 9.17) is 11.5 Å². The van der Waals surface area contributed by atoms with Gasteiger partial charge >= 0.3 is 5.97 Å². The van der Waals surface area contributed by atoms with Crippen LogP contribution in [0.5, 0.6) is 0 Å². The molecule has 1 heterocycles. The van der Waals surface area contributed by atoms with Gasteiger partial charge in [0.25, 0.3) is 0 Å². The molecule has 1 unspecified atom stereocenters. The average molecular weight is 190 g/mol. The number of hydrogen-bond acceptors (Lipinski definition) is 3. The number of pyridine rings is 1. The fraction of sp³-hybridized carbons (Fsp3) is 0.200. The van der Waals surface area contributed by atoms with Crippen molar-refractivity contribution in [2.45, 2.75) is 13.0 Å². The van der Waals surface area contributed by atoms with Crippen molar-refractivity contribution in [1.82, 2.24) is 4.98 Å². The maximum absolute atomic E-state index is 10.6. The molecule has 4 heteroatoms. The number of terminal acetylenes is 1. The second kappa shape index (κ2) is 4.28. The number of aromatic carboxylic acids is 1. The highest BCUT2D eigenvalue weighted by Crippen LogP contribution is 2.08. The van der Waals surface area contributed by atoms with Gasteiger partial charge in [-0.1, -0.05) is 5.92 Å². The van der Waals surface area contributed by atoms with E-state index in [-0.39, 0.29) is 11.7 Å². The molecule has 1 aromatic heterocycles. The molecule has 0 aliphatic heterocycles. The first-order valence-corrected chi connectivity index (χ1v) is 4.05. The molecular weight excluding hydrogens is 180 g/mol. The van der Waals surface area contributed by atoms with E-state index in [1.807, 2.05) is 0 Å². The lowest BCUT2D eigenvalue weighted by molar-refractivity contribution is 0.0690. The molecule has 0 spiro atoms. The quantitative estimate of drug-likeness (QED) is 0.703. The zero-order chi connectivity index (χ0) is 10.6. The summed E-state index contributed by atoms with van der Waals surface area (Å²) < 4.78 is 0. The summed E-state index contributed by atoms with van der Waals surface area (Å²) in [7, 11) is 0. The molecule has 0 aliphatic carbocycles. The molecule has 0 aliphatic rings. The normalized spacial score (nSPS) is 11.4. The summed E-state index contributed by atoms with van der Waals surface area (Å²) in [5.74, 6) is 1.43. The lowest BCUT2D eigenvalue weighted by Gasteiger charge is -2.08. The first kappa shape index (κ1) is 10.1. The van der Waals surface area contributed by atoms with Crippen LogP contribution in [0, 0.1) is 12.3 Å². The van der Waals surface area contributed by atoms with Crippen LogP contribution in [0.2, 0.25) is 0 Å². The zero-order valence-corrected chi connectivity index (χ0v) is 7.69. The molecule has 0 aromatic carbocycles. The van der Waals surface area contributed by atoms with Crippen LogP contribution < -0.4 is 5.32 Å². The van der Waals surface area contributed by atoms with Crippen molar-refractivity contribution < 1.29 is 9.90 Å². The highest BCUT2D eigenvalue weighted by Gasteiger charge is 2.05. The van der Waals surface area contributed by atoms with E-state index in [0.29, 0.717) is 5.69 Å². The molecule has 0 saturated carbocycles.